The summed E-state index contributed by atoms with van der Waals surface area (Å²) in [6, 6.07) is 0. The molecule has 0 saturated heterocycles. The zero-order valence-corrected chi connectivity index (χ0v) is 7.07. The molecule has 0 saturated carbocycles. The number of hydrogen-bond acceptors (Lipinski definition) is 4. The fraction of sp³-hybridized carbons (Fsp3) is 0.800. The number of aliphatic hydroxyl groups excluding tert-OH is 1. The van der Waals surface area contributed by atoms with Gasteiger partial charge in [-0.3, -0.25) is 5.73 Å². The Kier molecular flexibility index (Phi) is 3.58. The Morgan fingerprint density at radius 1 is 1.82 bits per heavy atom. The lowest BCUT2D eigenvalue weighted by molar-refractivity contribution is -0.141. The molecule has 3 atom stereocenters. The summed E-state index contributed by atoms with van der Waals surface area (Å²) >= 11 is 0. The number of aliphatic carboxylic acids is 1. The van der Waals surface area contributed by atoms with Crippen LogP contribution in [0.4, 0.5) is 0 Å². The van der Waals surface area contributed by atoms with Gasteiger partial charge in [-0.25, -0.2) is 4.79 Å². The van der Waals surface area contributed by atoms with E-state index < -0.39 is 32.2 Å². The van der Waals surface area contributed by atoms with Crippen molar-refractivity contribution in [2.24, 2.45) is 11.7 Å². The minimum absolute atomic E-state index is 0.391. The summed E-state index contributed by atoms with van der Waals surface area (Å²) in [5.74, 6) is -2.07. The van der Waals surface area contributed by atoms with Crippen LogP contribution in [0.3, 0.4) is 0 Å². The Hall–Kier alpha value is -0.510. The lowest BCUT2D eigenvalue weighted by Crippen LogP contribution is -2.49. The van der Waals surface area contributed by atoms with Crippen LogP contribution in [0, 0.1) is 5.92 Å². The van der Waals surface area contributed by atoms with Crippen molar-refractivity contribution in [3.05, 3.63) is 0 Å². The number of rotatable bonds is 4. The fourth-order valence-corrected chi connectivity index (χ4v) is 0.879. The molecule has 11 heavy (non-hydrogen) atoms. The van der Waals surface area contributed by atoms with Crippen molar-refractivity contribution in [1.29, 1.82) is 0 Å². The molecule has 5 nitrogen and oxygen atoms in total. The standard InChI is InChI=1S/C5H10NO4P/c1-3(2-7)5(6,11-10)4(8)9/h3,7H,2,6H2,1H3,(H,8,9)/p+1. The first-order chi connectivity index (χ1) is 4.99. The van der Waals surface area contributed by atoms with Crippen LogP contribution in [0.1, 0.15) is 6.92 Å². The molecule has 0 amide bonds. The highest BCUT2D eigenvalue weighted by Crippen LogP contribution is 2.25. The van der Waals surface area contributed by atoms with Crippen molar-refractivity contribution in [3.63, 3.8) is 0 Å². The van der Waals surface area contributed by atoms with E-state index in [9.17, 15) is 9.36 Å². The first-order valence-electron chi connectivity index (χ1n) is 3.01. The number of carbonyl (C=O) groups is 1. The van der Waals surface area contributed by atoms with E-state index in [1.165, 1.54) is 6.92 Å². The molecular formula is C5H11NO4P+. The quantitative estimate of drug-likeness (QED) is 0.500. The molecule has 0 rings (SSSR count). The Morgan fingerprint density at radius 2 is 2.27 bits per heavy atom. The highest BCUT2D eigenvalue weighted by molar-refractivity contribution is 7.27. The second-order valence-corrected chi connectivity index (χ2v) is 3.39. The maximum absolute atomic E-state index is 10.4. The molecule has 64 valence electrons. The van der Waals surface area contributed by atoms with Gasteiger partial charge in [0.15, 0.2) is 0 Å². The molecule has 0 aromatic carbocycles. The van der Waals surface area contributed by atoms with Crippen LogP contribution >= 0.6 is 8.46 Å². The van der Waals surface area contributed by atoms with Crippen molar-refractivity contribution < 1.29 is 19.6 Å². The summed E-state index contributed by atoms with van der Waals surface area (Å²) < 4.78 is 10.4. The Morgan fingerprint density at radius 3 is 2.36 bits per heavy atom. The SMILES string of the molecule is CC(CO)C(N)([PH+]=O)C(=O)O. The average Bonchev–Trinajstić information content (AvgIpc) is 2.01. The molecule has 0 aliphatic heterocycles. The van der Waals surface area contributed by atoms with Crippen LogP contribution in [0.2, 0.25) is 0 Å². The fourth-order valence-electron chi connectivity index (χ4n) is 0.499. The van der Waals surface area contributed by atoms with E-state index >= 15 is 0 Å². The Bertz CT molecular complexity index is 174. The lowest BCUT2D eigenvalue weighted by Gasteiger charge is -2.15. The molecule has 0 bridgehead atoms. The molecule has 4 N–H and O–H groups in total. The molecule has 0 radical (unpaired) electrons. The van der Waals surface area contributed by atoms with Crippen LogP contribution in [-0.2, 0) is 9.36 Å². The monoisotopic (exact) mass is 180 g/mol. The van der Waals surface area contributed by atoms with Crippen molar-refractivity contribution in [2.75, 3.05) is 6.61 Å². The van der Waals surface area contributed by atoms with Gasteiger partial charge in [0, 0.05) is 0 Å². The molecule has 0 aliphatic carbocycles. The van der Waals surface area contributed by atoms with Crippen LogP contribution in [-0.4, -0.2) is 28.1 Å². The van der Waals surface area contributed by atoms with E-state index in [0.29, 0.717) is 0 Å². The smallest absolute Gasteiger partial charge is 0.374 e. The van der Waals surface area contributed by atoms with E-state index in [1.807, 2.05) is 0 Å². The number of carboxylic acids is 1. The molecule has 0 heterocycles. The minimum Gasteiger partial charge on any atom is -0.477 e. The first-order valence-corrected chi connectivity index (χ1v) is 3.92. The minimum atomic E-state index is -1.81. The number of hydrogen-bond donors (Lipinski definition) is 3. The van der Waals surface area contributed by atoms with Gasteiger partial charge >= 0.3 is 19.7 Å². The second kappa shape index (κ2) is 3.76. The van der Waals surface area contributed by atoms with Gasteiger partial charge in [0.25, 0.3) is 0 Å². The highest BCUT2D eigenvalue weighted by Gasteiger charge is 2.48. The summed E-state index contributed by atoms with van der Waals surface area (Å²) in [5.41, 5.74) is 5.23. The molecule has 0 aromatic heterocycles. The number of carboxylic acid groups (broad SMARTS) is 1. The second-order valence-electron chi connectivity index (χ2n) is 2.36. The van der Waals surface area contributed by atoms with E-state index in [-0.39, 0.29) is 0 Å². The molecule has 0 spiro atoms. The predicted molar refractivity (Wildman–Crippen MR) is 39.8 cm³/mol. The van der Waals surface area contributed by atoms with Crippen LogP contribution in [0.5, 0.6) is 0 Å². The summed E-state index contributed by atoms with van der Waals surface area (Å²) in [6.45, 7) is 1.04. The van der Waals surface area contributed by atoms with Gasteiger partial charge in [-0.15, -0.1) is 0 Å². The third-order valence-corrected chi connectivity index (χ3v) is 2.62. The Labute approximate surface area is 65.4 Å². The zero-order chi connectivity index (χ0) is 9.07. The normalized spacial score (nSPS) is 19.2. The summed E-state index contributed by atoms with van der Waals surface area (Å²) in [7, 11) is -1.16. The van der Waals surface area contributed by atoms with E-state index in [1.54, 1.807) is 0 Å². The van der Waals surface area contributed by atoms with E-state index in [2.05, 4.69) is 0 Å². The third-order valence-electron chi connectivity index (χ3n) is 1.57. The topological polar surface area (TPSA) is 101 Å². The lowest BCUT2D eigenvalue weighted by atomic mass is 10.0. The van der Waals surface area contributed by atoms with Crippen LogP contribution < -0.4 is 5.73 Å². The summed E-state index contributed by atoms with van der Waals surface area (Å²) in [5, 5.41) is 15.3. The zero-order valence-electron chi connectivity index (χ0n) is 6.07. The van der Waals surface area contributed by atoms with E-state index in [4.69, 9.17) is 15.9 Å². The van der Waals surface area contributed by atoms with Crippen molar-refractivity contribution >= 4 is 14.4 Å². The molecule has 6 heteroatoms. The van der Waals surface area contributed by atoms with Crippen LogP contribution in [0.15, 0.2) is 0 Å². The molecule has 0 aromatic rings. The summed E-state index contributed by atoms with van der Waals surface area (Å²) in [4.78, 5) is 10.4. The van der Waals surface area contributed by atoms with Gasteiger partial charge < -0.3 is 10.2 Å². The average molecular weight is 180 g/mol. The van der Waals surface area contributed by atoms with Gasteiger partial charge in [0.2, 0.25) is 0 Å². The number of nitrogens with two attached hydrogens (primary N) is 1. The van der Waals surface area contributed by atoms with Gasteiger partial charge in [0.05, 0.1) is 12.5 Å². The van der Waals surface area contributed by atoms with Crippen molar-refractivity contribution in [2.45, 2.75) is 12.2 Å². The van der Waals surface area contributed by atoms with Crippen molar-refractivity contribution in [1.82, 2.24) is 0 Å². The largest absolute Gasteiger partial charge is 0.477 e. The van der Waals surface area contributed by atoms with E-state index in [0.717, 1.165) is 0 Å². The third kappa shape index (κ3) is 1.96. The first kappa shape index (κ1) is 10.5. The number of aliphatic hydroxyl groups is 1. The van der Waals surface area contributed by atoms with Crippen LogP contribution in [0.25, 0.3) is 0 Å². The Balaban J connectivity index is 4.58. The van der Waals surface area contributed by atoms with Gasteiger partial charge in [-0.2, -0.15) is 0 Å². The maximum atomic E-state index is 10.4. The van der Waals surface area contributed by atoms with Gasteiger partial charge in [0.1, 0.15) is 0 Å². The van der Waals surface area contributed by atoms with Gasteiger partial charge in [-0.1, -0.05) is 11.5 Å². The van der Waals surface area contributed by atoms with Gasteiger partial charge in [-0.05, 0) is 0 Å². The van der Waals surface area contributed by atoms with Crippen molar-refractivity contribution in [3.8, 4) is 0 Å². The molecular weight excluding hydrogens is 169 g/mol. The highest BCUT2D eigenvalue weighted by atomic mass is 31.1. The predicted octanol–water partition coefficient (Wildman–Crippen LogP) is -0.622. The summed E-state index contributed by atoms with van der Waals surface area (Å²) in [6.07, 6.45) is 0. The molecule has 0 aliphatic rings. The molecule has 3 unspecified atom stereocenters. The molecule has 0 fully saturated rings. The maximum Gasteiger partial charge on any atom is 0.374 e.